The Hall–Kier alpha value is -0.610. The number of amides is 1. The first kappa shape index (κ1) is 15.4. The lowest BCUT2D eigenvalue weighted by Gasteiger charge is -2.24. The Morgan fingerprint density at radius 1 is 1.38 bits per heavy atom. The minimum Gasteiger partial charge on any atom is -0.330 e. The number of carbonyl (C=O) groups excluding carboxylic acids is 1. The molecular weight excluding hydrogens is 204 g/mol. The predicted molar refractivity (Wildman–Crippen MR) is 65.5 cm³/mol. The summed E-state index contributed by atoms with van der Waals surface area (Å²) in [6, 6.07) is 0. The van der Waals surface area contributed by atoms with Crippen molar-refractivity contribution in [1.82, 2.24) is 5.48 Å². The van der Waals surface area contributed by atoms with Crippen LogP contribution in [0.2, 0.25) is 0 Å². The van der Waals surface area contributed by atoms with Crippen LogP contribution in [-0.2, 0) is 9.63 Å². The average molecular weight is 230 g/mol. The van der Waals surface area contributed by atoms with Crippen LogP contribution in [0.1, 0.15) is 41.0 Å². The van der Waals surface area contributed by atoms with Gasteiger partial charge in [-0.1, -0.05) is 34.6 Å². The van der Waals surface area contributed by atoms with Crippen molar-refractivity contribution in [2.45, 2.75) is 41.0 Å². The van der Waals surface area contributed by atoms with Crippen molar-refractivity contribution >= 4 is 5.91 Å². The molecule has 0 radical (unpaired) electrons. The Kier molecular flexibility index (Phi) is 6.60. The van der Waals surface area contributed by atoms with Crippen molar-refractivity contribution in [1.29, 1.82) is 0 Å². The maximum absolute atomic E-state index is 11.7. The van der Waals surface area contributed by atoms with Gasteiger partial charge in [0.1, 0.15) is 0 Å². The van der Waals surface area contributed by atoms with Crippen LogP contribution in [0.4, 0.5) is 0 Å². The van der Waals surface area contributed by atoms with Crippen molar-refractivity contribution in [2.24, 2.45) is 23.0 Å². The van der Waals surface area contributed by atoms with Gasteiger partial charge in [0.2, 0.25) is 5.91 Å². The molecule has 1 atom stereocenters. The molecule has 0 aliphatic heterocycles. The predicted octanol–water partition coefficient (Wildman–Crippen LogP) is 1.70. The van der Waals surface area contributed by atoms with Gasteiger partial charge in [0.15, 0.2) is 0 Å². The summed E-state index contributed by atoms with van der Waals surface area (Å²) in [4.78, 5) is 16.8. The average Bonchev–Trinajstić information content (AvgIpc) is 2.11. The van der Waals surface area contributed by atoms with Gasteiger partial charge in [0.05, 0.1) is 12.5 Å². The maximum atomic E-state index is 11.7. The molecule has 1 unspecified atom stereocenters. The van der Waals surface area contributed by atoms with E-state index in [0.29, 0.717) is 19.1 Å². The van der Waals surface area contributed by atoms with E-state index in [0.717, 1.165) is 6.42 Å². The second-order valence-electron chi connectivity index (χ2n) is 5.87. The number of carbonyl (C=O) groups is 1. The summed E-state index contributed by atoms with van der Waals surface area (Å²) in [6.07, 6.45) is 0.764. The third kappa shape index (κ3) is 7.65. The summed E-state index contributed by atoms with van der Waals surface area (Å²) in [5, 5.41) is 0. The van der Waals surface area contributed by atoms with E-state index in [2.05, 4.69) is 26.3 Å². The number of nitrogens with two attached hydrogens (primary N) is 1. The first-order valence-corrected chi connectivity index (χ1v) is 5.88. The van der Waals surface area contributed by atoms with Gasteiger partial charge in [0.25, 0.3) is 0 Å². The molecule has 0 spiro atoms. The Morgan fingerprint density at radius 3 is 2.31 bits per heavy atom. The van der Waals surface area contributed by atoms with Gasteiger partial charge in [-0.05, 0) is 17.8 Å². The summed E-state index contributed by atoms with van der Waals surface area (Å²) < 4.78 is 0. The highest BCUT2D eigenvalue weighted by atomic mass is 16.6. The van der Waals surface area contributed by atoms with Crippen LogP contribution < -0.4 is 11.2 Å². The number of hydroxylamine groups is 1. The summed E-state index contributed by atoms with van der Waals surface area (Å²) >= 11 is 0. The first-order valence-electron chi connectivity index (χ1n) is 5.88. The van der Waals surface area contributed by atoms with Gasteiger partial charge in [-0.25, -0.2) is 5.48 Å². The fraction of sp³-hybridized carbons (Fsp3) is 0.917. The van der Waals surface area contributed by atoms with E-state index in [4.69, 9.17) is 10.6 Å². The van der Waals surface area contributed by atoms with Crippen molar-refractivity contribution in [3.8, 4) is 0 Å². The van der Waals surface area contributed by atoms with E-state index in [1.807, 2.05) is 13.8 Å². The smallest absolute Gasteiger partial charge is 0.247 e. The van der Waals surface area contributed by atoms with Gasteiger partial charge in [-0.2, -0.15) is 0 Å². The Bertz CT molecular complexity index is 210. The highest BCUT2D eigenvalue weighted by molar-refractivity contribution is 5.77. The highest BCUT2D eigenvalue weighted by Crippen LogP contribution is 2.23. The second-order valence-corrected chi connectivity index (χ2v) is 5.87. The van der Waals surface area contributed by atoms with Crippen LogP contribution in [0.25, 0.3) is 0 Å². The van der Waals surface area contributed by atoms with Crippen molar-refractivity contribution in [2.75, 3.05) is 13.2 Å². The first-order chi connectivity index (χ1) is 7.26. The molecule has 0 saturated carbocycles. The molecule has 1 amide bonds. The molecule has 4 nitrogen and oxygen atoms in total. The molecular formula is C12H26N2O2. The van der Waals surface area contributed by atoms with Gasteiger partial charge >= 0.3 is 0 Å². The van der Waals surface area contributed by atoms with E-state index in [1.165, 1.54) is 0 Å². The van der Waals surface area contributed by atoms with Crippen molar-refractivity contribution in [3.05, 3.63) is 0 Å². The minimum atomic E-state index is -0.174. The molecule has 0 aromatic carbocycles. The molecule has 0 aromatic heterocycles. The van der Waals surface area contributed by atoms with Gasteiger partial charge < -0.3 is 5.73 Å². The Morgan fingerprint density at radius 2 is 1.94 bits per heavy atom. The molecule has 0 saturated heterocycles. The third-order valence-electron chi connectivity index (χ3n) is 2.10. The SMILES string of the molecule is CC(C)CONC(=O)C(CN)CC(C)(C)C. The van der Waals surface area contributed by atoms with Crippen molar-refractivity contribution in [3.63, 3.8) is 0 Å². The molecule has 0 aliphatic rings. The zero-order valence-corrected chi connectivity index (χ0v) is 11.2. The van der Waals surface area contributed by atoms with Gasteiger partial charge in [-0.15, -0.1) is 0 Å². The normalized spacial score (nSPS) is 13.9. The summed E-state index contributed by atoms with van der Waals surface area (Å²) in [7, 11) is 0. The molecule has 3 N–H and O–H groups in total. The molecule has 0 aliphatic carbocycles. The fourth-order valence-corrected chi connectivity index (χ4v) is 1.39. The fourth-order valence-electron chi connectivity index (χ4n) is 1.39. The third-order valence-corrected chi connectivity index (χ3v) is 2.10. The topological polar surface area (TPSA) is 64.3 Å². The lowest BCUT2D eigenvalue weighted by Crippen LogP contribution is -2.37. The largest absolute Gasteiger partial charge is 0.330 e. The van der Waals surface area contributed by atoms with Crippen LogP contribution in [0, 0.1) is 17.3 Å². The molecule has 4 heteroatoms. The summed E-state index contributed by atoms with van der Waals surface area (Å²) in [6.45, 7) is 11.2. The zero-order valence-electron chi connectivity index (χ0n) is 11.2. The molecule has 16 heavy (non-hydrogen) atoms. The van der Waals surface area contributed by atoms with Crippen LogP contribution >= 0.6 is 0 Å². The summed E-state index contributed by atoms with van der Waals surface area (Å²) in [5.74, 6) is 0.115. The number of hydrogen-bond acceptors (Lipinski definition) is 3. The Labute approximate surface area is 98.9 Å². The quantitative estimate of drug-likeness (QED) is 0.683. The zero-order chi connectivity index (χ0) is 12.8. The molecule has 0 rings (SSSR count). The van der Waals surface area contributed by atoms with Crippen LogP contribution in [0.5, 0.6) is 0 Å². The molecule has 0 bridgehead atoms. The minimum absolute atomic E-state index is 0.0967. The van der Waals surface area contributed by atoms with Gasteiger partial charge in [0, 0.05) is 6.54 Å². The van der Waals surface area contributed by atoms with E-state index in [-0.39, 0.29) is 17.2 Å². The number of nitrogens with one attached hydrogen (secondary N) is 1. The Balaban J connectivity index is 4.02. The lowest BCUT2D eigenvalue weighted by atomic mass is 9.84. The lowest BCUT2D eigenvalue weighted by molar-refractivity contribution is -0.139. The van der Waals surface area contributed by atoms with Gasteiger partial charge in [-0.3, -0.25) is 9.63 Å². The van der Waals surface area contributed by atoms with Crippen LogP contribution in [-0.4, -0.2) is 19.1 Å². The standard InChI is InChI=1S/C12H26N2O2/c1-9(2)8-16-14-11(15)10(7-13)6-12(3,4)5/h9-10H,6-8,13H2,1-5H3,(H,14,15). The van der Waals surface area contributed by atoms with E-state index < -0.39 is 0 Å². The van der Waals surface area contributed by atoms with E-state index in [1.54, 1.807) is 0 Å². The molecule has 96 valence electrons. The maximum Gasteiger partial charge on any atom is 0.247 e. The molecule has 0 heterocycles. The van der Waals surface area contributed by atoms with Crippen LogP contribution in [0.3, 0.4) is 0 Å². The molecule has 0 fully saturated rings. The van der Waals surface area contributed by atoms with Crippen molar-refractivity contribution < 1.29 is 9.63 Å². The number of hydrogen-bond donors (Lipinski definition) is 2. The van der Waals surface area contributed by atoms with Crippen LogP contribution in [0.15, 0.2) is 0 Å². The second kappa shape index (κ2) is 6.86. The van der Waals surface area contributed by atoms with E-state index in [9.17, 15) is 4.79 Å². The monoisotopic (exact) mass is 230 g/mol. The highest BCUT2D eigenvalue weighted by Gasteiger charge is 2.23. The number of rotatable bonds is 6. The van der Waals surface area contributed by atoms with E-state index >= 15 is 0 Å². The molecule has 0 aromatic rings. The summed E-state index contributed by atoms with van der Waals surface area (Å²) in [5.41, 5.74) is 8.16.